The Labute approximate surface area is 64.4 Å². The maximum Gasteiger partial charge on any atom is 0.188 e. The zero-order chi connectivity index (χ0) is 8.27. The van der Waals surface area contributed by atoms with E-state index in [4.69, 9.17) is 10.9 Å². The smallest absolute Gasteiger partial charge is 0.188 e. The molecule has 58 valence electrons. The van der Waals surface area contributed by atoms with Crippen LogP contribution in [0.25, 0.3) is 0 Å². The summed E-state index contributed by atoms with van der Waals surface area (Å²) in [5, 5.41) is 11.1. The second-order valence-corrected chi connectivity index (χ2v) is 2.20. The molecule has 0 aliphatic carbocycles. The van der Waals surface area contributed by atoms with Gasteiger partial charge in [-0.3, -0.25) is 4.98 Å². The Balaban J connectivity index is 3.06. The van der Waals surface area contributed by atoms with Crippen molar-refractivity contribution in [3.05, 3.63) is 29.6 Å². The lowest BCUT2D eigenvalue weighted by Crippen LogP contribution is -2.14. The van der Waals surface area contributed by atoms with E-state index in [-0.39, 0.29) is 5.84 Å². The lowest BCUT2D eigenvalue weighted by atomic mass is 10.2. The molecule has 0 aromatic carbocycles. The number of pyridine rings is 1. The van der Waals surface area contributed by atoms with Gasteiger partial charge in [-0.15, -0.1) is 0 Å². The molecule has 0 unspecified atom stereocenters. The van der Waals surface area contributed by atoms with Crippen molar-refractivity contribution in [1.82, 2.24) is 4.98 Å². The Morgan fingerprint density at radius 1 is 1.73 bits per heavy atom. The molecule has 0 spiro atoms. The number of hydrogen-bond acceptors (Lipinski definition) is 3. The molecule has 0 atom stereocenters. The third kappa shape index (κ3) is 1.67. The predicted octanol–water partition coefficient (Wildman–Crippen LogP) is 0.485. The summed E-state index contributed by atoms with van der Waals surface area (Å²) in [6, 6.07) is 3.59. The summed E-state index contributed by atoms with van der Waals surface area (Å²) in [6.07, 6.45) is 1.61. The molecule has 4 heteroatoms. The molecule has 1 aromatic heterocycles. The first-order valence-electron chi connectivity index (χ1n) is 3.14. The van der Waals surface area contributed by atoms with Crippen LogP contribution in [0.15, 0.2) is 23.5 Å². The van der Waals surface area contributed by atoms with Gasteiger partial charge in [-0.05, 0) is 24.6 Å². The van der Waals surface area contributed by atoms with E-state index in [2.05, 4.69) is 10.1 Å². The van der Waals surface area contributed by atoms with Gasteiger partial charge in [-0.1, -0.05) is 5.16 Å². The van der Waals surface area contributed by atoms with Crippen LogP contribution in [0.5, 0.6) is 0 Å². The summed E-state index contributed by atoms with van der Waals surface area (Å²) in [5.41, 5.74) is 6.82. The third-order valence-electron chi connectivity index (χ3n) is 1.29. The Kier molecular flexibility index (Phi) is 2.06. The number of nitrogens with zero attached hydrogens (tertiary/aromatic N) is 2. The molecule has 0 saturated carbocycles. The highest BCUT2D eigenvalue weighted by atomic mass is 16.4. The van der Waals surface area contributed by atoms with E-state index >= 15 is 0 Å². The molecule has 0 radical (unpaired) electrons. The van der Waals surface area contributed by atoms with Gasteiger partial charge in [0.15, 0.2) is 5.84 Å². The second kappa shape index (κ2) is 3.01. The molecule has 1 rings (SSSR count). The van der Waals surface area contributed by atoms with Gasteiger partial charge >= 0.3 is 0 Å². The predicted molar refractivity (Wildman–Crippen MR) is 41.5 cm³/mol. The lowest BCUT2D eigenvalue weighted by Gasteiger charge is -1.96. The summed E-state index contributed by atoms with van der Waals surface area (Å²) in [5.74, 6) is 0.0358. The zero-order valence-electron chi connectivity index (χ0n) is 6.15. The molecular weight excluding hydrogens is 142 g/mol. The molecule has 0 fully saturated rings. The molecule has 0 amide bonds. The number of rotatable bonds is 1. The molecule has 1 heterocycles. The van der Waals surface area contributed by atoms with Crippen LogP contribution in [0.3, 0.4) is 0 Å². The molecule has 0 saturated heterocycles. The van der Waals surface area contributed by atoms with E-state index in [0.29, 0.717) is 5.69 Å². The van der Waals surface area contributed by atoms with Gasteiger partial charge in [-0.2, -0.15) is 0 Å². The summed E-state index contributed by atoms with van der Waals surface area (Å²) in [7, 11) is 0. The monoisotopic (exact) mass is 151 g/mol. The molecule has 11 heavy (non-hydrogen) atoms. The van der Waals surface area contributed by atoms with Crippen molar-refractivity contribution in [2.24, 2.45) is 10.9 Å². The lowest BCUT2D eigenvalue weighted by molar-refractivity contribution is 0.318. The van der Waals surface area contributed by atoms with Gasteiger partial charge in [0, 0.05) is 6.20 Å². The molecule has 0 aliphatic rings. The summed E-state index contributed by atoms with van der Waals surface area (Å²) >= 11 is 0. The first-order chi connectivity index (χ1) is 5.24. The van der Waals surface area contributed by atoms with Crippen LogP contribution in [-0.2, 0) is 0 Å². The van der Waals surface area contributed by atoms with Gasteiger partial charge in [-0.25, -0.2) is 0 Å². The average Bonchev–Trinajstić information content (AvgIpc) is 2.03. The van der Waals surface area contributed by atoms with Gasteiger partial charge in [0.1, 0.15) is 5.69 Å². The van der Waals surface area contributed by atoms with Crippen molar-refractivity contribution in [3.63, 3.8) is 0 Å². The number of aromatic nitrogens is 1. The van der Waals surface area contributed by atoms with Gasteiger partial charge in [0.05, 0.1) is 0 Å². The maximum absolute atomic E-state index is 8.30. The minimum atomic E-state index is 0.0358. The number of amidine groups is 1. The average molecular weight is 151 g/mol. The van der Waals surface area contributed by atoms with Crippen LogP contribution in [0.2, 0.25) is 0 Å². The highest BCUT2D eigenvalue weighted by Gasteiger charge is 1.98. The largest absolute Gasteiger partial charge is 0.409 e. The first-order valence-corrected chi connectivity index (χ1v) is 3.14. The fourth-order valence-corrected chi connectivity index (χ4v) is 0.727. The van der Waals surface area contributed by atoms with E-state index in [1.807, 2.05) is 13.0 Å². The Bertz CT molecular complexity index is 283. The van der Waals surface area contributed by atoms with Gasteiger partial charge < -0.3 is 10.9 Å². The van der Waals surface area contributed by atoms with E-state index < -0.39 is 0 Å². The van der Waals surface area contributed by atoms with E-state index in [1.165, 1.54) is 0 Å². The minimum Gasteiger partial charge on any atom is -0.409 e. The topological polar surface area (TPSA) is 71.5 Å². The van der Waals surface area contributed by atoms with Crippen LogP contribution in [0.1, 0.15) is 11.3 Å². The molecule has 0 aliphatic heterocycles. The van der Waals surface area contributed by atoms with Crippen LogP contribution < -0.4 is 5.73 Å². The number of nitrogens with two attached hydrogens (primary N) is 1. The molecular formula is C7H9N3O. The highest BCUT2D eigenvalue weighted by molar-refractivity contribution is 5.95. The third-order valence-corrected chi connectivity index (χ3v) is 1.29. The quantitative estimate of drug-likeness (QED) is 0.265. The Morgan fingerprint density at radius 2 is 2.45 bits per heavy atom. The molecule has 1 aromatic rings. The maximum atomic E-state index is 8.30. The highest BCUT2D eigenvalue weighted by Crippen LogP contribution is 1.98. The van der Waals surface area contributed by atoms with E-state index in [9.17, 15) is 0 Å². The van der Waals surface area contributed by atoms with Crippen LogP contribution in [0.4, 0.5) is 0 Å². The van der Waals surface area contributed by atoms with E-state index in [0.717, 1.165) is 5.56 Å². The van der Waals surface area contributed by atoms with Crippen molar-refractivity contribution in [1.29, 1.82) is 0 Å². The molecule has 4 nitrogen and oxygen atoms in total. The normalized spacial score (nSPS) is 11.5. The minimum absolute atomic E-state index is 0.0358. The Hall–Kier alpha value is -1.58. The zero-order valence-corrected chi connectivity index (χ0v) is 6.15. The van der Waals surface area contributed by atoms with Crippen LogP contribution >= 0.6 is 0 Å². The van der Waals surface area contributed by atoms with Gasteiger partial charge in [0.2, 0.25) is 0 Å². The van der Waals surface area contributed by atoms with Crippen molar-refractivity contribution in [3.8, 4) is 0 Å². The second-order valence-electron chi connectivity index (χ2n) is 2.20. The SMILES string of the molecule is Cc1ccnc(/C(N)=N/O)c1. The van der Waals surface area contributed by atoms with Crippen molar-refractivity contribution in [2.45, 2.75) is 6.92 Å². The van der Waals surface area contributed by atoms with Crippen LogP contribution in [0, 0.1) is 6.92 Å². The van der Waals surface area contributed by atoms with Crippen LogP contribution in [-0.4, -0.2) is 16.0 Å². The summed E-state index contributed by atoms with van der Waals surface area (Å²) < 4.78 is 0. The van der Waals surface area contributed by atoms with Crippen molar-refractivity contribution >= 4 is 5.84 Å². The Morgan fingerprint density at radius 3 is 3.00 bits per heavy atom. The number of oxime groups is 1. The van der Waals surface area contributed by atoms with Gasteiger partial charge in [0.25, 0.3) is 0 Å². The van der Waals surface area contributed by atoms with Crippen molar-refractivity contribution < 1.29 is 5.21 Å². The number of hydrogen-bond donors (Lipinski definition) is 2. The first kappa shape index (κ1) is 7.53. The fourth-order valence-electron chi connectivity index (χ4n) is 0.727. The van der Waals surface area contributed by atoms with Crippen molar-refractivity contribution in [2.75, 3.05) is 0 Å². The fraction of sp³-hybridized carbons (Fsp3) is 0.143. The summed E-state index contributed by atoms with van der Waals surface area (Å²) in [4.78, 5) is 3.89. The number of aryl methyl sites for hydroxylation is 1. The standard InChI is InChI=1S/C7H9N3O/c1-5-2-3-9-6(4-5)7(8)10-11/h2-4,11H,1H3,(H2,8,10). The summed E-state index contributed by atoms with van der Waals surface area (Å²) in [6.45, 7) is 1.91. The van der Waals surface area contributed by atoms with E-state index in [1.54, 1.807) is 12.3 Å². The molecule has 0 bridgehead atoms. The molecule has 3 N–H and O–H groups in total.